The molecule has 0 saturated carbocycles. The van der Waals surface area contributed by atoms with Gasteiger partial charge in [-0.3, -0.25) is 14.5 Å². The molecule has 2 aromatic carbocycles. The van der Waals surface area contributed by atoms with Gasteiger partial charge in [0, 0.05) is 33.2 Å². The molecule has 1 aliphatic heterocycles. The molecule has 3 aromatic rings. The molecule has 2 heterocycles. The number of hydrogen-bond acceptors (Lipinski definition) is 3. The van der Waals surface area contributed by atoms with Crippen LogP contribution in [0.4, 0.5) is 4.79 Å². The minimum atomic E-state index is -1.31. The molecule has 1 fully saturated rings. The number of para-hydroxylation sites is 1. The molecule has 1 saturated heterocycles. The van der Waals surface area contributed by atoms with E-state index in [1.807, 2.05) is 25.1 Å². The number of hydrogen-bond donors (Lipinski definition) is 2. The Bertz CT molecular complexity index is 1150. The summed E-state index contributed by atoms with van der Waals surface area (Å²) in [4.78, 5) is 42.7. The molecule has 0 aliphatic carbocycles. The van der Waals surface area contributed by atoms with Crippen LogP contribution in [0.3, 0.4) is 0 Å². The predicted molar refractivity (Wildman–Crippen MR) is 111 cm³/mol. The van der Waals surface area contributed by atoms with Crippen LogP contribution < -0.4 is 5.32 Å². The summed E-state index contributed by atoms with van der Waals surface area (Å²) in [6.07, 6.45) is 2.46. The van der Waals surface area contributed by atoms with Gasteiger partial charge in [-0.2, -0.15) is 0 Å². The van der Waals surface area contributed by atoms with Crippen LogP contribution in [0.5, 0.6) is 0 Å². The number of benzene rings is 2. The number of carbonyl (C=O) groups excluding carboxylic acids is 3. The molecule has 7 heteroatoms. The third kappa shape index (κ3) is 3.00. The van der Waals surface area contributed by atoms with Crippen molar-refractivity contribution in [3.63, 3.8) is 0 Å². The Hall–Kier alpha value is -3.12. The lowest BCUT2D eigenvalue weighted by Crippen LogP contribution is -2.41. The summed E-state index contributed by atoms with van der Waals surface area (Å²) in [5.74, 6) is -0.811. The SMILES string of the molecule is CCc1cccc2c(C(=O)CN3C(=O)N[C@@](C)(c4ccccc4Cl)C3=O)c[nH]c12. The minimum Gasteiger partial charge on any atom is -0.360 e. The van der Waals surface area contributed by atoms with Crippen LogP contribution in [0.2, 0.25) is 5.02 Å². The Morgan fingerprint density at radius 1 is 1.14 bits per heavy atom. The second kappa shape index (κ2) is 7.04. The smallest absolute Gasteiger partial charge is 0.325 e. The van der Waals surface area contributed by atoms with E-state index in [1.54, 1.807) is 37.4 Å². The van der Waals surface area contributed by atoms with Gasteiger partial charge in [0.2, 0.25) is 0 Å². The zero-order chi connectivity index (χ0) is 20.8. The molecule has 29 heavy (non-hydrogen) atoms. The molecule has 0 bridgehead atoms. The van der Waals surface area contributed by atoms with Gasteiger partial charge in [-0.05, 0) is 25.0 Å². The van der Waals surface area contributed by atoms with Gasteiger partial charge in [0.25, 0.3) is 5.91 Å². The summed E-state index contributed by atoms with van der Waals surface area (Å²) in [5, 5.41) is 3.85. The molecule has 1 aromatic heterocycles. The Labute approximate surface area is 172 Å². The lowest BCUT2D eigenvalue weighted by molar-refractivity contribution is -0.130. The normalized spacial score (nSPS) is 19.1. The highest BCUT2D eigenvalue weighted by Crippen LogP contribution is 2.33. The third-order valence-electron chi connectivity index (χ3n) is 5.47. The van der Waals surface area contributed by atoms with Gasteiger partial charge < -0.3 is 10.3 Å². The van der Waals surface area contributed by atoms with Crippen molar-refractivity contribution < 1.29 is 14.4 Å². The van der Waals surface area contributed by atoms with Crippen molar-refractivity contribution >= 4 is 40.2 Å². The number of nitrogens with one attached hydrogen (secondary N) is 2. The molecule has 2 N–H and O–H groups in total. The van der Waals surface area contributed by atoms with E-state index in [0.29, 0.717) is 16.1 Å². The summed E-state index contributed by atoms with van der Waals surface area (Å²) in [6, 6.07) is 12.0. The predicted octanol–water partition coefficient (Wildman–Crippen LogP) is 4.03. The van der Waals surface area contributed by atoms with Crippen LogP contribution >= 0.6 is 11.6 Å². The molecule has 0 radical (unpaired) electrons. The molecule has 3 amide bonds. The van der Waals surface area contributed by atoms with E-state index < -0.39 is 17.5 Å². The molecule has 148 valence electrons. The number of H-pyrrole nitrogens is 1. The average molecular weight is 410 g/mol. The molecular weight excluding hydrogens is 390 g/mol. The maximum atomic E-state index is 13.1. The lowest BCUT2D eigenvalue weighted by atomic mass is 9.92. The number of rotatable bonds is 5. The van der Waals surface area contributed by atoms with Crippen LogP contribution in [0.25, 0.3) is 10.9 Å². The van der Waals surface area contributed by atoms with E-state index in [9.17, 15) is 14.4 Å². The molecule has 1 aliphatic rings. The zero-order valence-corrected chi connectivity index (χ0v) is 16.8. The van der Waals surface area contributed by atoms with Crippen molar-refractivity contribution in [2.45, 2.75) is 25.8 Å². The first-order chi connectivity index (χ1) is 13.9. The summed E-state index contributed by atoms with van der Waals surface area (Å²) in [7, 11) is 0. The summed E-state index contributed by atoms with van der Waals surface area (Å²) in [6.45, 7) is 3.30. The zero-order valence-electron chi connectivity index (χ0n) is 16.1. The Morgan fingerprint density at radius 3 is 2.62 bits per heavy atom. The number of aromatic amines is 1. The second-order valence-electron chi connectivity index (χ2n) is 7.25. The van der Waals surface area contributed by atoms with E-state index in [1.165, 1.54) is 0 Å². The van der Waals surface area contributed by atoms with Crippen molar-refractivity contribution in [2.24, 2.45) is 0 Å². The van der Waals surface area contributed by atoms with E-state index in [0.717, 1.165) is 27.8 Å². The lowest BCUT2D eigenvalue weighted by Gasteiger charge is -2.23. The molecule has 0 spiro atoms. The number of Topliss-reactive ketones (excluding diaryl/α,β-unsaturated/α-hetero) is 1. The van der Waals surface area contributed by atoms with Crippen molar-refractivity contribution in [2.75, 3.05) is 6.54 Å². The fourth-order valence-corrected chi connectivity index (χ4v) is 4.19. The Balaban J connectivity index is 1.64. The number of ketones is 1. The molecule has 0 unspecified atom stereocenters. The fourth-order valence-electron chi connectivity index (χ4n) is 3.86. The largest absolute Gasteiger partial charge is 0.360 e. The van der Waals surface area contributed by atoms with Crippen molar-refractivity contribution in [3.05, 3.63) is 70.4 Å². The number of urea groups is 1. The second-order valence-corrected chi connectivity index (χ2v) is 7.65. The average Bonchev–Trinajstić information content (AvgIpc) is 3.23. The number of fused-ring (bicyclic) bond motifs is 1. The van der Waals surface area contributed by atoms with Gasteiger partial charge in [0.05, 0.1) is 6.54 Å². The number of aromatic nitrogens is 1. The minimum absolute atomic E-state index is 0.309. The van der Waals surface area contributed by atoms with Crippen LogP contribution in [-0.2, 0) is 16.8 Å². The first-order valence-corrected chi connectivity index (χ1v) is 9.76. The highest BCUT2D eigenvalue weighted by Gasteiger charge is 2.50. The van der Waals surface area contributed by atoms with Gasteiger partial charge in [-0.1, -0.05) is 54.9 Å². The monoisotopic (exact) mass is 409 g/mol. The fraction of sp³-hybridized carbons (Fsp3) is 0.227. The Kier molecular flexibility index (Phi) is 4.67. The summed E-state index contributed by atoms with van der Waals surface area (Å²) < 4.78 is 0. The van der Waals surface area contributed by atoms with E-state index in [2.05, 4.69) is 10.3 Å². The van der Waals surface area contributed by atoms with E-state index >= 15 is 0 Å². The number of carbonyl (C=O) groups is 3. The molecular formula is C22H20ClN3O3. The van der Waals surface area contributed by atoms with Crippen molar-refractivity contribution in [3.8, 4) is 0 Å². The number of amides is 3. The van der Waals surface area contributed by atoms with Crippen LogP contribution in [0.15, 0.2) is 48.7 Å². The quantitative estimate of drug-likeness (QED) is 0.493. The van der Waals surface area contributed by atoms with Crippen molar-refractivity contribution in [1.82, 2.24) is 15.2 Å². The molecule has 1 atom stereocenters. The summed E-state index contributed by atoms with van der Waals surface area (Å²) >= 11 is 6.24. The number of nitrogens with zero attached hydrogens (tertiary/aromatic N) is 1. The molecule has 6 nitrogen and oxygen atoms in total. The Morgan fingerprint density at radius 2 is 1.90 bits per heavy atom. The highest BCUT2D eigenvalue weighted by molar-refractivity contribution is 6.32. The number of halogens is 1. The molecule has 4 rings (SSSR count). The maximum Gasteiger partial charge on any atom is 0.325 e. The van der Waals surface area contributed by atoms with Gasteiger partial charge in [-0.25, -0.2) is 4.79 Å². The van der Waals surface area contributed by atoms with Gasteiger partial charge in [-0.15, -0.1) is 0 Å². The van der Waals surface area contributed by atoms with E-state index in [-0.39, 0.29) is 12.3 Å². The van der Waals surface area contributed by atoms with Gasteiger partial charge >= 0.3 is 6.03 Å². The first kappa shape index (κ1) is 19.2. The standard InChI is InChI=1S/C22H20ClN3O3/c1-3-13-7-6-8-14-15(11-24-19(13)14)18(27)12-26-20(28)22(2,25-21(26)29)16-9-4-5-10-17(16)23/h4-11,24H,3,12H2,1-2H3,(H,25,29)/t22-/m0/s1. The van der Waals surface area contributed by atoms with Crippen molar-refractivity contribution in [1.29, 1.82) is 0 Å². The van der Waals surface area contributed by atoms with Gasteiger partial charge in [0.15, 0.2) is 5.78 Å². The first-order valence-electron chi connectivity index (χ1n) is 9.38. The number of imide groups is 1. The maximum absolute atomic E-state index is 13.1. The van der Waals surface area contributed by atoms with Crippen LogP contribution in [0, 0.1) is 0 Å². The van der Waals surface area contributed by atoms with Crippen LogP contribution in [-0.4, -0.2) is 34.2 Å². The van der Waals surface area contributed by atoms with E-state index in [4.69, 9.17) is 11.6 Å². The third-order valence-corrected chi connectivity index (χ3v) is 5.80. The number of aryl methyl sites for hydroxylation is 1. The highest BCUT2D eigenvalue weighted by atomic mass is 35.5. The summed E-state index contributed by atoms with van der Waals surface area (Å²) in [5.41, 5.74) is 1.64. The van der Waals surface area contributed by atoms with Gasteiger partial charge in [0.1, 0.15) is 5.54 Å². The van der Waals surface area contributed by atoms with Crippen LogP contribution in [0.1, 0.15) is 35.3 Å². The topological polar surface area (TPSA) is 82.3 Å².